The van der Waals surface area contributed by atoms with Gasteiger partial charge in [-0.25, -0.2) is 0 Å². The molecule has 2 aromatic heterocycles. The van der Waals surface area contributed by atoms with Gasteiger partial charge in [-0.3, -0.25) is 9.97 Å². The van der Waals surface area contributed by atoms with Gasteiger partial charge in [0, 0.05) is 11.4 Å². The van der Waals surface area contributed by atoms with Crippen LogP contribution in [0.2, 0.25) is 0 Å². The molecule has 0 fully saturated rings. The highest BCUT2D eigenvalue weighted by atomic mass is 15.1. The molecule has 0 atom stereocenters. The van der Waals surface area contributed by atoms with Crippen LogP contribution in [0, 0.1) is 13.8 Å². The Morgan fingerprint density at radius 3 is 1.50 bits per heavy atom. The van der Waals surface area contributed by atoms with Crippen molar-refractivity contribution in [3.63, 3.8) is 0 Å². The number of azo groups is 1. The summed E-state index contributed by atoms with van der Waals surface area (Å²) in [6.45, 7) is 3.87. The first-order chi connectivity index (χ1) is 7.74. The Hall–Kier alpha value is -2.10. The van der Waals surface area contributed by atoms with Gasteiger partial charge in [0.2, 0.25) is 0 Å². The van der Waals surface area contributed by atoms with Crippen molar-refractivity contribution in [3.05, 3.63) is 48.0 Å². The van der Waals surface area contributed by atoms with Gasteiger partial charge in [-0.1, -0.05) is 0 Å². The summed E-state index contributed by atoms with van der Waals surface area (Å²) in [5.74, 6) is 0. The molecule has 0 radical (unpaired) electrons. The van der Waals surface area contributed by atoms with Crippen molar-refractivity contribution in [2.45, 2.75) is 13.8 Å². The lowest BCUT2D eigenvalue weighted by molar-refractivity contribution is 1.13. The molecule has 0 unspecified atom stereocenters. The van der Waals surface area contributed by atoms with Crippen LogP contribution in [-0.2, 0) is 0 Å². The molecule has 0 saturated heterocycles. The highest BCUT2D eigenvalue weighted by Gasteiger charge is 1.92. The first-order valence-corrected chi connectivity index (χ1v) is 5.01. The fraction of sp³-hybridized carbons (Fsp3) is 0.167. The van der Waals surface area contributed by atoms with E-state index in [9.17, 15) is 0 Å². The zero-order chi connectivity index (χ0) is 11.4. The standard InChI is InChI=1S/C12H12N4/c1-9-3-5-11(7-13-9)15-16-12-6-4-10(2)14-8-12/h3-8H,1-2H3/b16-15+. The highest BCUT2D eigenvalue weighted by Crippen LogP contribution is 2.16. The summed E-state index contributed by atoms with van der Waals surface area (Å²) in [6.07, 6.45) is 3.39. The monoisotopic (exact) mass is 212 g/mol. The van der Waals surface area contributed by atoms with Crippen molar-refractivity contribution in [1.29, 1.82) is 0 Å². The maximum absolute atomic E-state index is 4.14. The van der Waals surface area contributed by atoms with Gasteiger partial charge in [-0.2, -0.15) is 0 Å². The topological polar surface area (TPSA) is 50.5 Å². The fourth-order valence-corrected chi connectivity index (χ4v) is 1.15. The molecule has 0 aliphatic carbocycles. The van der Waals surface area contributed by atoms with Gasteiger partial charge in [-0.15, -0.1) is 10.2 Å². The minimum absolute atomic E-state index is 0.742. The summed E-state index contributed by atoms with van der Waals surface area (Å²) >= 11 is 0. The van der Waals surface area contributed by atoms with Crippen molar-refractivity contribution >= 4 is 11.4 Å². The Labute approximate surface area is 94.1 Å². The molecule has 0 amide bonds. The number of hydrogen-bond acceptors (Lipinski definition) is 4. The van der Waals surface area contributed by atoms with E-state index < -0.39 is 0 Å². The highest BCUT2D eigenvalue weighted by molar-refractivity contribution is 5.37. The van der Waals surface area contributed by atoms with Crippen molar-refractivity contribution in [1.82, 2.24) is 9.97 Å². The van der Waals surface area contributed by atoms with Crippen LogP contribution in [0.1, 0.15) is 11.4 Å². The summed E-state index contributed by atoms with van der Waals surface area (Å²) in [5.41, 5.74) is 3.42. The number of pyridine rings is 2. The van der Waals surface area contributed by atoms with E-state index in [1.165, 1.54) is 0 Å². The normalized spacial score (nSPS) is 10.9. The summed E-state index contributed by atoms with van der Waals surface area (Å²) in [5, 5.41) is 8.14. The van der Waals surface area contributed by atoms with Gasteiger partial charge >= 0.3 is 0 Å². The van der Waals surface area contributed by atoms with Gasteiger partial charge in [0.1, 0.15) is 11.4 Å². The summed E-state index contributed by atoms with van der Waals surface area (Å²) in [6, 6.07) is 7.57. The molecule has 0 saturated carbocycles. The second kappa shape index (κ2) is 4.61. The fourth-order valence-electron chi connectivity index (χ4n) is 1.15. The van der Waals surface area contributed by atoms with Crippen molar-refractivity contribution in [2.75, 3.05) is 0 Å². The molecule has 16 heavy (non-hydrogen) atoms. The molecular weight excluding hydrogens is 200 g/mol. The van der Waals surface area contributed by atoms with Crippen LogP contribution in [0.5, 0.6) is 0 Å². The van der Waals surface area contributed by atoms with E-state index in [1.807, 2.05) is 38.1 Å². The molecule has 0 N–H and O–H groups in total. The van der Waals surface area contributed by atoms with E-state index in [0.29, 0.717) is 0 Å². The Balaban J connectivity index is 2.15. The molecule has 0 bridgehead atoms. The summed E-state index contributed by atoms with van der Waals surface area (Å²) in [7, 11) is 0. The van der Waals surface area contributed by atoms with E-state index in [0.717, 1.165) is 22.8 Å². The Bertz CT molecular complexity index is 438. The number of hydrogen-bond donors (Lipinski definition) is 0. The van der Waals surface area contributed by atoms with Crippen LogP contribution >= 0.6 is 0 Å². The summed E-state index contributed by atoms with van der Waals surface area (Å²) in [4.78, 5) is 8.27. The van der Waals surface area contributed by atoms with Crippen molar-refractivity contribution < 1.29 is 0 Å². The molecule has 80 valence electrons. The van der Waals surface area contributed by atoms with Crippen LogP contribution in [0.25, 0.3) is 0 Å². The Kier molecular flexibility index (Phi) is 3.00. The number of aryl methyl sites for hydroxylation is 2. The third kappa shape index (κ3) is 2.70. The Morgan fingerprint density at radius 1 is 0.750 bits per heavy atom. The third-order valence-electron chi connectivity index (χ3n) is 2.07. The maximum Gasteiger partial charge on any atom is 0.104 e. The molecule has 0 aliphatic heterocycles. The van der Waals surface area contributed by atoms with Gasteiger partial charge in [-0.05, 0) is 38.1 Å². The predicted molar refractivity (Wildman–Crippen MR) is 62.1 cm³/mol. The number of aromatic nitrogens is 2. The number of nitrogens with zero attached hydrogens (tertiary/aromatic N) is 4. The zero-order valence-corrected chi connectivity index (χ0v) is 9.25. The predicted octanol–water partition coefficient (Wildman–Crippen LogP) is 3.51. The van der Waals surface area contributed by atoms with Crippen molar-refractivity contribution in [3.8, 4) is 0 Å². The average Bonchev–Trinajstić information content (AvgIpc) is 2.30. The van der Waals surface area contributed by atoms with E-state index in [1.54, 1.807) is 12.4 Å². The van der Waals surface area contributed by atoms with Crippen LogP contribution < -0.4 is 0 Å². The molecule has 4 nitrogen and oxygen atoms in total. The van der Waals surface area contributed by atoms with Gasteiger partial charge < -0.3 is 0 Å². The first-order valence-electron chi connectivity index (χ1n) is 5.01. The smallest absolute Gasteiger partial charge is 0.104 e. The van der Waals surface area contributed by atoms with Gasteiger partial charge in [0.15, 0.2) is 0 Å². The van der Waals surface area contributed by atoms with Crippen LogP contribution in [0.4, 0.5) is 11.4 Å². The van der Waals surface area contributed by atoms with E-state index in [4.69, 9.17) is 0 Å². The van der Waals surface area contributed by atoms with Crippen LogP contribution in [-0.4, -0.2) is 9.97 Å². The molecule has 0 aliphatic rings. The second-order valence-electron chi connectivity index (χ2n) is 3.52. The summed E-state index contributed by atoms with van der Waals surface area (Å²) < 4.78 is 0. The average molecular weight is 212 g/mol. The minimum atomic E-state index is 0.742. The van der Waals surface area contributed by atoms with Crippen LogP contribution in [0.3, 0.4) is 0 Å². The van der Waals surface area contributed by atoms with E-state index >= 15 is 0 Å². The zero-order valence-electron chi connectivity index (χ0n) is 9.25. The Morgan fingerprint density at radius 2 is 1.19 bits per heavy atom. The molecule has 0 spiro atoms. The van der Waals surface area contributed by atoms with Gasteiger partial charge in [0.25, 0.3) is 0 Å². The van der Waals surface area contributed by atoms with Gasteiger partial charge in [0.05, 0.1) is 12.4 Å². The SMILES string of the molecule is Cc1ccc(/N=N/c2ccc(C)nc2)cn1. The molecule has 0 aromatic carbocycles. The first kappa shape index (κ1) is 10.4. The quantitative estimate of drug-likeness (QED) is 0.715. The second-order valence-corrected chi connectivity index (χ2v) is 3.52. The molecular formula is C12H12N4. The third-order valence-corrected chi connectivity index (χ3v) is 2.07. The lowest BCUT2D eigenvalue weighted by Crippen LogP contribution is -1.77. The molecule has 2 heterocycles. The van der Waals surface area contributed by atoms with Crippen molar-refractivity contribution in [2.24, 2.45) is 10.2 Å². The maximum atomic E-state index is 4.14. The lowest BCUT2D eigenvalue weighted by atomic mass is 10.3. The largest absolute Gasteiger partial charge is 0.259 e. The molecule has 4 heteroatoms. The molecule has 2 rings (SSSR count). The number of rotatable bonds is 2. The van der Waals surface area contributed by atoms with E-state index in [2.05, 4.69) is 20.2 Å². The van der Waals surface area contributed by atoms with Crippen LogP contribution in [0.15, 0.2) is 46.9 Å². The molecule has 2 aromatic rings. The minimum Gasteiger partial charge on any atom is -0.259 e. The van der Waals surface area contributed by atoms with E-state index in [-0.39, 0.29) is 0 Å². The lowest BCUT2D eigenvalue weighted by Gasteiger charge is -1.94.